The zero-order chi connectivity index (χ0) is 20.3. The molecule has 0 aliphatic heterocycles. The van der Waals surface area contributed by atoms with Crippen molar-refractivity contribution in [3.05, 3.63) is 96.1 Å². The van der Waals surface area contributed by atoms with E-state index in [0.29, 0.717) is 12.2 Å². The van der Waals surface area contributed by atoms with Crippen molar-refractivity contribution in [2.24, 2.45) is 0 Å². The predicted octanol–water partition coefficient (Wildman–Crippen LogP) is 3.84. The standard InChI is InChI=1S/C23H22N2O3S/c26-22(24-17-18-7-3-1-4-8-18)23(15-16-23)19-11-13-20(14-12-19)25-29(27,28)21-9-5-2-6-10-21/h1-14,25H,15-17H2,(H,24,26). The summed E-state index contributed by atoms with van der Waals surface area (Å²) in [4.78, 5) is 13.0. The lowest BCUT2D eigenvalue weighted by Crippen LogP contribution is -2.34. The van der Waals surface area contributed by atoms with Gasteiger partial charge in [-0.2, -0.15) is 0 Å². The Hall–Kier alpha value is -3.12. The predicted molar refractivity (Wildman–Crippen MR) is 113 cm³/mol. The van der Waals surface area contributed by atoms with Gasteiger partial charge >= 0.3 is 0 Å². The van der Waals surface area contributed by atoms with E-state index >= 15 is 0 Å². The van der Waals surface area contributed by atoms with Crippen LogP contribution in [0.15, 0.2) is 89.8 Å². The summed E-state index contributed by atoms with van der Waals surface area (Å²) in [5, 5.41) is 3.02. The van der Waals surface area contributed by atoms with Crippen LogP contribution >= 0.6 is 0 Å². The molecule has 1 aliphatic rings. The van der Waals surface area contributed by atoms with Crippen molar-refractivity contribution in [3.63, 3.8) is 0 Å². The normalized spacial score (nSPS) is 14.8. The molecule has 1 saturated carbocycles. The Balaban J connectivity index is 1.44. The molecule has 2 N–H and O–H groups in total. The van der Waals surface area contributed by atoms with Gasteiger partial charge in [0, 0.05) is 12.2 Å². The summed E-state index contributed by atoms with van der Waals surface area (Å²) in [6, 6.07) is 25.1. The molecule has 0 heterocycles. The molecule has 6 heteroatoms. The molecule has 4 rings (SSSR count). The summed E-state index contributed by atoms with van der Waals surface area (Å²) in [5.41, 5.74) is 1.93. The topological polar surface area (TPSA) is 75.3 Å². The minimum Gasteiger partial charge on any atom is -0.351 e. The Bertz CT molecular complexity index is 1090. The zero-order valence-corrected chi connectivity index (χ0v) is 16.7. The van der Waals surface area contributed by atoms with E-state index in [9.17, 15) is 13.2 Å². The first kappa shape index (κ1) is 19.2. The molecular formula is C23H22N2O3S. The van der Waals surface area contributed by atoms with Gasteiger partial charge in [0.2, 0.25) is 5.91 Å². The smallest absolute Gasteiger partial charge is 0.261 e. The molecule has 0 spiro atoms. The Kier molecular flexibility index (Phi) is 5.11. The molecule has 0 unspecified atom stereocenters. The summed E-state index contributed by atoms with van der Waals surface area (Å²) >= 11 is 0. The van der Waals surface area contributed by atoms with Crippen molar-refractivity contribution >= 4 is 21.6 Å². The van der Waals surface area contributed by atoms with Crippen molar-refractivity contribution in [2.75, 3.05) is 4.72 Å². The molecule has 0 aromatic heterocycles. The SMILES string of the molecule is O=C(NCc1ccccc1)C1(c2ccc(NS(=O)(=O)c3ccccc3)cc2)CC1. The molecule has 1 aliphatic carbocycles. The first-order valence-electron chi connectivity index (χ1n) is 9.50. The molecule has 3 aromatic rings. The average molecular weight is 407 g/mol. The van der Waals surface area contributed by atoms with Crippen molar-refractivity contribution in [3.8, 4) is 0 Å². The number of hydrogen-bond acceptors (Lipinski definition) is 3. The van der Waals surface area contributed by atoms with Crippen LogP contribution in [0.3, 0.4) is 0 Å². The Labute approximate surface area is 170 Å². The highest BCUT2D eigenvalue weighted by atomic mass is 32.2. The van der Waals surface area contributed by atoms with E-state index in [0.717, 1.165) is 24.0 Å². The van der Waals surface area contributed by atoms with E-state index in [-0.39, 0.29) is 10.8 Å². The van der Waals surface area contributed by atoms with Gasteiger partial charge in [0.1, 0.15) is 0 Å². The lowest BCUT2D eigenvalue weighted by Gasteiger charge is -2.17. The Morgan fingerprint density at radius 3 is 2.00 bits per heavy atom. The highest BCUT2D eigenvalue weighted by Crippen LogP contribution is 2.48. The van der Waals surface area contributed by atoms with Crippen LogP contribution in [-0.4, -0.2) is 14.3 Å². The number of carbonyl (C=O) groups excluding carboxylic acids is 1. The highest BCUT2D eigenvalue weighted by Gasteiger charge is 2.51. The molecule has 1 amide bonds. The number of amides is 1. The summed E-state index contributed by atoms with van der Waals surface area (Å²) in [5.74, 6) is 0.0129. The van der Waals surface area contributed by atoms with Crippen LogP contribution in [0.2, 0.25) is 0 Å². The molecule has 5 nitrogen and oxygen atoms in total. The Morgan fingerprint density at radius 2 is 1.41 bits per heavy atom. The van der Waals surface area contributed by atoms with E-state index in [1.165, 1.54) is 0 Å². The molecule has 3 aromatic carbocycles. The maximum Gasteiger partial charge on any atom is 0.261 e. The largest absolute Gasteiger partial charge is 0.351 e. The van der Waals surface area contributed by atoms with Gasteiger partial charge in [-0.05, 0) is 48.2 Å². The van der Waals surface area contributed by atoms with E-state index in [4.69, 9.17) is 0 Å². The van der Waals surface area contributed by atoms with E-state index in [1.807, 2.05) is 42.5 Å². The van der Waals surface area contributed by atoms with E-state index in [1.54, 1.807) is 42.5 Å². The number of anilines is 1. The lowest BCUT2D eigenvalue weighted by atomic mass is 9.94. The van der Waals surface area contributed by atoms with Crippen LogP contribution in [0.1, 0.15) is 24.0 Å². The number of nitrogens with one attached hydrogen (secondary N) is 2. The monoisotopic (exact) mass is 406 g/mol. The number of sulfonamides is 1. The summed E-state index contributed by atoms with van der Waals surface area (Å²) in [7, 11) is -3.63. The zero-order valence-electron chi connectivity index (χ0n) is 15.8. The first-order chi connectivity index (χ1) is 14.0. The van der Waals surface area contributed by atoms with E-state index in [2.05, 4.69) is 10.0 Å². The van der Waals surface area contributed by atoms with Crippen LogP contribution in [0.5, 0.6) is 0 Å². The van der Waals surface area contributed by atoms with E-state index < -0.39 is 15.4 Å². The molecule has 29 heavy (non-hydrogen) atoms. The van der Waals surface area contributed by atoms with Gasteiger partial charge in [-0.15, -0.1) is 0 Å². The van der Waals surface area contributed by atoms with Gasteiger partial charge in [-0.1, -0.05) is 60.7 Å². The quantitative estimate of drug-likeness (QED) is 0.626. The van der Waals surface area contributed by atoms with Gasteiger partial charge in [0.05, 0.1) is 10.3 Å². The average Bonchev–Trinajstić information content (AvgIpc) is 3.56. The molecule has 0 saturated heterocycles. The van der Waals surface area contributed by atoms with Gasteiger partial charge in [-0.3, -0.25) is 9.52 Å². The third-order valence-electron chi connectivity index (χ3n) is 5.22. The van der Waals surface area contributed by atoms with Crippen LogP contribution in [0.25, 0.3) is 0 Å². The minimum atomic E-state index is -3.63. The summed E-state index contributed by atoms with van der Waals surface area (Å²) < 4.78 is 27.5. The van der Waals surface area contributed by atoms with Gasteiger partial charge in [0.25, 0.3) is 10.0 Å². The number of hydrogen-bond donors (Lipinski definition) is 2. The molecular weight excluding hydrogens is 384 g/mol. The Morgan fingerprint density at radius 1 is 0.828 bits per heavy atom. The van der Waals surface area contributed by atoms with Crippen molar-refractivity contribution < 1.29 is 13.2 Å². The fraction of sp³-hybridized carbons (Fsp3) is 0.174. The molecule has 148 valence electrons. The van der Waals surface area contributed by atoms with Crippen molar-refractivity contribution in [1.82, 2.24) is 5.32 Å². The highest BCUT2D eigenvalue weighted by molar-refractivity contribution is 7.92. The molecule has 0 atom stereocenters. The maximum atomic E-state index is 12.8. The van der Waals surface area contributed by atoms with Crippen LogP contribution < -0.4 is 10.0 Å². The van der Waals surface area contributed by atoms with Crippen LogP contribution in [0.4, 0.5) is 5.69 Å². The summed E-state index contributed by atoms with van der Waals surface area (Å²) in [6.07, 6.45) is 1.59. The van der Waals surface area contributed by atoms with Gasteiger partial charge in [0.15, 0.2) is 0 Å². The summed E-state index contributed by atoms with van der Waals surface area (Å²) in [6.45, 7) is 0.496. The van der Waals surface area contributed by atoms with Crippen LogP contribution in [-0.2, 0) is 26.8 Å². The molecule has 0 bridgehead atoms. The van der Waals surface area contributed by atoms with Crippen molar-refractivity contribution in [1.29, 1.82) is 0 Å². The number of carbonyl (C=O) groups is 1. The molecule has 0 radical (unpaired) electrons. The van der Waals surface area contributed by atoms with Crippen LogP contribution in [0, 0.1) is 0 Å². The minimum absolute atomic E-state index is 0.0129. The number of benzene rings is 3. The fourth-order valence-electron chi connectivity index (χ4n) is 3.39. The van der Waals surface area contributed by atoms with Gasteiger partial charge < -0.3 is 5.32 Å². The second-order valence-corrected chi connectivity index (χ2v) is 8.93. The second-order valence-electron chi connectivity index (χ2n) is 7.25. The van der Waals surface area contributed by atoms with Gasteiger partial charge in [-0.25, -0.2) is 8.42 Å². The second kappa shape index (κ2) is 7.72. The van der Waals surface area contributed by atoms with Crippen molar-refractivity contribution in [2.45, 2.75) is 29.7 Å². The first-order valence-corrected chi connectivity index (χ1v) is 11.0. The fourth-order valence-corrected chi connectivity index (χ4v) is 4.47. The lowest BCUT2D eigenvalue weighted by molar-refractivity contribution is -0.123. The number of rotatable bonds is 7. The molecule has 1 fully saturated rings. The maximum absolute atomic E-state index is 12.8. The third kappa shape index (κ3) is 4.17. The third-order valence-corrected chi connectivity index (χ3v) is 6.62.